The van der Waals surface area contributed by atoms with Crippen LogP contribution in [0.2, 0.25) is 0 Å². The van der Waals surface area contributed by atoms with E-state index in [9.17, 15) is 19.5 Å². The van der Waals surface area contributed by atoms with Crippen LogP contribution in [-0.4, -0.2) is 65.2 Å². The van der Waals surface area contributed by atoms with Gasteiger partial charge in [0.1, 0.15) is 11.6 Å². The Morgan fingerprint density at radius 2 is 1.91 bits per heavy atom. The third-order valence-electron chi connectivity index (χ3n) is 7.63. The average Bonchev–Trinajstić information content (AvgIpc) is 3.37. The molecule has 3 fully saturated rings. The van der Waals surface area contributed by atoms with Gasteiger partial charge in [0.2, 0.25) is 17.7 Å². The molecule has 3 amide bonds. The van der Waals surface area contributed by atoms with Crippen LogP contribution in [0.4, 0.5) is 5.69 Å². The standard InChI is InChI=1S/C25H29N3O5/c1-24-10-11-25(33-24)19(18(24)21(30)26-2)23(32)28(12-5-13-29)20(25)22(31)27-17-9-8-15-6-3-4-7-16(15)14-17/h3-4,6-9,14,18-20,29H,5,10-13H2,1-2H3,(H,26,30)(H,27,31)/t18-,19+,20?,24+,25?/m1/s1. The predicted molar refractivity (Wildman–Crippen MR) is 122 cm³/mol. The highest BCUT2D eigenvalue weighted by molar-refractivity contribution is 6.04. The van der Waals surface area contributed by atoms with Gasteiger partial charge in [-0.1, -0.05) is 30.3 Å². The van der Waals surface area contributed by atoms with E-state index in [1.807, 2.05) is 49.4 Å². The normalized spacial score (nSPS) is 32.3. The van der Waals surface area contributed by atoms with E-state index in [1.165, 1.54) is 4.90 Å². The van der Waals surface area contributed by atoms with Crippen LogP contribution >= 0.6 is 0 Å². The molecular formula is C25H29N3O5. The van der Waals surface area contributed by atoms with E-state index < -0.39 is 29.1 Å². The Morgan fingerprint density at radius 1 is 1.15 bits per heavy atom. The summed E-state index contributed by atoms with van der Waals surface area (Å²) in [5.74, 6) is -2.20. The summed E-state index contributed by atoms with van der Waals surface area (Å²) in [6, 6.07) is 12.7. The summed E-state index contributed by atoms with van der Waals surface area (Å²) in [6.07, 6.45) is 1.47. The number of aliphatic hydroxyl groups excluding tert-OH is 1. The first-order valence-electron chi connectivity index (χ1n) is 11.5. The number of fused-ring (bicyclic) bond motifs is 2. The fraction of sp³-hybridized carbons (Fsp3) is 0.480. The van der Waals surface area contributed by atoms with E-state index in [0.29, 0.717) is 24.9 Å². The zero-order chi connectivity index (χ0) is 23.4. The zero-order valence-corrected chi connectivity index (χ0v) is 18.8. The van der Waals surface area contributed by atoms with Gasteiger partial charge in [-0.3, -0.25) is 14.4 Å². The minimum atomic E-state index is -1.06. The molecule has 2 aromatic carbocycles. The van der Waals surface area contributed by atoms with Crippen LogP contribution in [0.3, 0.4) is 0 Å². The van der Waals surface area contributed by atoms with E-state index in [4.69, 9.17) is 4.74 Å². The van der Waals surface area contributed by atoms with Crippen LogP contribution in [-0.2, 0) is 19.1 Å². The third kappa shape index (κ3) is 3.15. The van der Waals surface area contributed by atoms with Gasteiger partial charge in [0, 0.05) is 25.9 Å². The van der Waals surface area contributed by atoms with E-state index in [2.05, 4.69) is 10.6 Å². The topological polar surface area (TPSA) is 108 Å². The number of likely N-dealkylation sites (tertiary alicyclic amines) is 1. The first-order valence-corrected chi connectivity index (χ1v) is 11.5. The van der Waals surface area contributed by atoms with Crippen LogP contribution in [0.1, 0.15) is 26.2 Å². The molecule has 3 N–H and O–H groups in total. The largest absolute Gasteiger partial charge is 0.396 e. The van der Waals surface area contributed by atoms with Crippen molar-refractivity contribution in [3.63, 3.8) is 0 Å². The molecule has 3 aliphatic rings. The lowest BCUT2D eigenvalue weighted by Crippen LogP contribution is -2.53. The fourth-order valence-corrected chi connectivity index (χ4v) is 6.24. The SMILES string of the molecule is CNC(=O)[C@H]1[C@H]2C(=O)N(CCCO)C(C(=O)Nc3ccc4ccccc4c3)C23CC[C@]1(C)O3. The van der Waals surface area contributed by atoms with Crippen LogP contribution in [0.5, 0.6) is 0 Å². The Morgan fingerprint density at radius 3 is 2.64 bits per heavy atom. The van der Waals surface area contributed by atoms with Crippen LogP contribution in [0.15, 0.2) is 42.5 Å². The highest BCUT2D eigenvalue weighted by atomic mass is 16.5. The molecule has 8 heteroatoms. The van der Waals surface area contributed by atoms with Gasteiger partial charge in [-0.25, -0.2) is 0 Å². The maximum absolute atomic E-state index is 13.7. The lowest BCUT2D eigenvalue weighted by atomic mass is 9.66. The summed E-state index contributed by atoms with van der Waals surface area (Å²) in [5, 5.41) is 17.1. The van der Waals surface area contributed by atoms with Gasteiger partial charge in [0.25, 0.3) is 0 Å². The summed E-state index contributed by atoms with van der Waals surface area (Å²) in [4.78, 5) is 41.6. The number of carbonyl (C=O) groups excluding carboxylic acids is 3. The van der Waals surface area contributed by atoms with Gasteiger partial charge >= 0.3 is 0 Å². The molecular weight excluding hydrogens is 422 g/mol. The van der Waals surface area contributed by atoms with Crippen molar-refractivity contribution in [3.05, 3.63) is 42.5 Å². The number of rotatable bonds is 6. The number of nitrogens with one attached hydrogen (secondary N) is 2. The molecule has 0 radical (unpaired) electrons. The minimum absolute atomic E-state index is 0.0993. The maximum Gasteiger partial charge on any atom is 0.250 e. The molecule has 8 nitrogen and oxygen atoms in total. The van der Waals surface area contributed by atoms with Crippen molar-refractivity contribution in [3.8, 4) is 0 Å². The van der Waals surface area contributed by atoms with Crippen LogP contribution in [0.25, 0.3) is 10.8 Å². The quantitative estimate of drug-likeness (QED) is 0.619. The number of hydrogen-bond donors (Lipinski definition) is 3. The summed E-state index contributed by atoms with van der Waals surface area (Å²) in [7, 11) is 1.55. The molecule has 3 saturated heterocycles. The molecule has 0 aliphatic carbocycles. The Bertz CT molecular complexity index is 1140. The van der Waals surface area contributed by atoms with Crippen LogP contribution < -0.4 is 10.6 Å². The lowest BCUT2D eigenvalue weighted by molar-refractivity contribution is -0.144. The minimum Gasteiger partial charge on any atom is -0.396 e. The highest BCUT2D eigenvalue weighted by Gasteiger charge is 2.77. The number of aliphatic hydroxyl groups is 1. The fourth-order valence-electron chi connectivity index (χ4n) is 6.24. The number of amides is 3. The summed E-state index contributed by atoms with van der Waals surface area (Å²) >= 11 is 0. The van der Waals surface area contributed by atoms with Gasteiger partial charge in [-0.15, -0.1) is 0 Å². The molecule has 5 rings (SSSR count). The maximum atomic E-state index is 13.7. The molecule has 3 heterocycles. The number of nitrogens with zero attached hydrogens (tertiary/aromatic N) is 1. The highest BCUT2D eigenvalue weighted by Crippen LogP contribution is 2.63. The Labute approximate surface area is 192 Å². The molecule has 3 aliphatic heterocycles. The first kappa shape index (κ1) is 21.9. The monoisotopic (exact) mass is 451 g/mol. The van der Waals surface area contributed by atoms with E-state index in [0.717, 1.165) is 10.8 Å². The van der Waals surface area contributed by atoms with Crippen molar-refractivity contribution in [2.45, 2.75) is 43.4 Å². The van der Waals surface area contributed by atoms with Crippen molar-refractivity contribution < 1.29 is 24.2 Å². The molecule has 2 unspecified atom stereocenters. The second-order valence-electron chi connectivity index (χ2n) is 9.50. The molecule has 2 aromatic rings. The molecule has 174 valence electrons. The van der Waals surface area contributed by atoms with Crippen LogP contribution in [0, 0.1) is 11.8 Å². The van der Waals surface area contributed by atoms with Gasteiger partial charge in [-0.2, -0.15) is 0 Å². The van der Waals surface area contributed by atoms with Gasteiger partial charge in [0.15, 0.2) is 0 Å². The number of benzene rings is 2. The molecule has 1 spiro atoms. The summed E-state index contributed by atoms with van der Waals surface area (Å²) in [5.41, 5.74) is -1.21. The van der Waals surface area contributed by atoms with E-state index in [-0.39, 0.29) is 30.9 Å². The lowest BCUT2D eigenvalue weighted by Gasteiger charge is -2.33. The summed E-state index contributed by atoms with van der Waals surface area (Å²) in [6.45, 7) is 1.99. The predicted octanol–water partition coefficient (Wildman–Crippen LogP) is 1.67. The molecule has 0 aromatic heterocycles. The van der Waals surface area contributed by atoms with Crippen molar-refractivity contribution in [1.29, 1.82) is 0 Å². The molecule has 5 atom stereocenters. The Balaban J connectivity index is 1.51. The van der Waals surface area contributed by atoms with Crippen molar-refractivity contribution in [2.24, 2.45) is 11.8 Å². The number of hydrogen-bond acceptors (Lipinski definition) is 5. The van der Waals surface area contributed by atoms with E-state index in [1.54, 1.807) is 7.05 Å². The van der Waals surface area contributed by atoms with Crippen molar-refractivity contribution in [1.82, 2.24) is 10.2 Å². The molecule has 2 bridgehead atoms. The number of ether oxygens (including phenoxy) is 1. The zero-order valence-electron chi connectivity index (χ0n) is 18.8. The summed E-state index contributed by atoms with van der Waals surface area (Å²) < 4.78 is 6.48. The molecule has 0 saturated carbocycles. The van der Waals surface area contributed by atoms with Gasteiger partial charge in [-0.05, 0) is 49.1 Å². The Kier molecular flexibility index (Phi) is 5.17. The number of anilines is 1. The molecule has 33 heavy (non-hydrogen) atoms. The number of carbonyl (C=O) groups is 3. The van der Waals surface area contributed by atoms with Gasteiger partial charge in [0.05, 0.1) is 17.4 Å². The third-order valence-corrected chi connectivity index (χ3v) is 7.63. The Hall–Kier alpha value is -2.97. The van der Waals surface area contributed by atoms with Crippen molar-refractivity contribution in [2.75, 3.05) is 25.5 Å². The second-order valence-corrected chi connectivity index (χ2v) is 9.50. The van der Waals surface area contributed by atoms with E-state index >= 15 is 0 Å². The van der Waals surface area contributed by atoms with Gasteiger partial charge < -0.3 is 25.4 Å². The smallest absolute Gasteiger partial charge is 0.250 e. The second kappa shape index (κ2) is 7.81. The van der Waals surface area contributed by atoms with Crippen molar-refractivity contribution >= 4 is 34.2 Å². The first-order chi connectivity index (χ1) is 15.8. The average molecular weight is 452 g/mol.